The number of rotatable bonds is 6. The maximum absolute atomic E-state index is 6.21. The van der Waals surface area contributed by atoms with Gasteiger partial charge in [0.1, 0.15) is 12.6 Å². The van der Waals surface area contributed by atoms with Gasteiger partial charge in [-0.15, -0.1) is 5.10 Å². The van der Waals surface area contributed by atoms with Crippen LogP contribution >= 0.6 is 11.8 Å². The zero-order chi connectivity index (χ0) is 18.6. The number of hydrogen-bond donors (Lipinski definition) is 2. The lowest BCUT2D eigenvalue weighted by atomic mass is 10.2. The molecule has 7 heteroatoms. The van der Waals surface area contributed by atoms with Gasteiger partial charge in [0, 0.05) is 36.7 Å². The average molecular weight is 383 g/mol. The number of H-pyrrole nitrogens is 1. The van der Waals surface area contributed by atoms with Crippen molar-refractivity contribution in [2.45, 2.75) is 17.5 Å². The first-order chi connectivity index (χ1) is 13.2. The van der Waals surface area contributed by atoms with Gasteiger partial charge >= 0.3 is 0 Å². The van der Waals surface area contributed by atoms with Crippen LogP contribution in [0.3, 0.4) is 0 Å². The smallest absolute Gasteiger partial charge is 0.217 e. The third-order valence-electron chi connectivity index (χ3n) is 4.60. The molecule has 0 unspecified atom stereocenters. The Morgan fingerprint density at radius 2 is 1.93 bits per heavy atom. The van der Waals surface area contributed by atoms with E-state index in [0.717, 1.165) is 28.8 Å². The highest BCUT2D eigenvalue weighted by atomic mass is 32.2. The summed E-state index contributed by atoms with van der Waals surface area (Å²) in [4.78, 5) is 6.67. The molecule has 0 radical (unpaired) electrons. The van der Waals surface area contributed by atoms with Gasteiger partial charge in [0.25, 0.3) is 0 Å². The lowest BCUT2D eigenvalue weighted by Crippen LogP contribution is -2.82. The summed E-state index contributed by atoms with van der Waals surface area (Å²) in [5.74, 6) is 1.64. The molecule has 1 fully saturated rings. The number of nitrogens with zero attached hydrogens (tertiary/aromatic N) is 3. The van der Waals surface area contributed by atoms with Crippen molar-refractivity contribution in [2.24, 2.45) is 0 Å². The van der Waals surface area contributed by atoms with E-state index in [-0.39, 0.29) is 12.3 Å². The Bertz CT molecular complexity index is 866. The van der Waals surface area contributed by atoms with Crippen molar-refractivity contribution in [1.82, 2.24) is 15.2 Å². The van der Waals surface area contributed by atoms with E-state index in [9.17, 15) is 0 Å². The molecule has 2 atom stereocenters. The largest absolute Gasteiger partial charge is 0.378 e. The van der Waals surface area contributed by atoms with Crippen molar-refractivity contribution in [3.05, 3.63) is 60.2 Å². The number of nitrogens with two attached hydrogens (primary N) is 1. The normalized spacial score (nSPS) is 19.3. The molecule has 1 aliphatic rings. The van der Waals surface area contributed by atoms with Crippen LogP contribution in [0, 0.1) is 0 Å². The molecule has 0 spiro atoms. The summed E-state index contributed by atoms with van der Waals surface area (Å²) in [7, 11) is 4.10. The van der Waals surface area contributed by atoms with Gasteiger partial charge in [-0.3, -0.25) is 5.10 Å². The molecule has 0 saturated carbocycles. The van der Waals surface area contributed by atoms with Gasteiger partial charge in [-0.05, 0) is 24.3 Å². The van der Waals surface area contributed by atoms with Crippen molar-refractivity contribution in [3.63, 3.8) is 0 Å². The average Bonchev–Trinajstić information content (AvgIpc) is 3.37. The number of quaternary nitrogens is 1. The monoisotopic (exact) mass is 382 g/mol. The Balaban J connectivity index is 1.31. The van der Waals surface area contributed by atoms with Gasteiger partial charge in [-0.25, -0.2) is 4.98 Å². The van der Waals surface area contributed by atoms with Gasteiger partial charge in [0.15, 0.2) is 5.82 Å². The minimum Gasteiger partial charge on any atom is -0.378 e. The Kier molecular flexibility index (Phi) is 5.42. The summed E-state index contributed by atoms with van der Waals surface area (Å²) in [5, 5.41) is 10.3. The second-order valence-corrected chi connectivity index (χ2v) is 7.77. The molecule has 0 bridgehead atoms. The molecule has 3 aromatic rings. The summed E-state index contributed by atoms with van der Waals surface area (Å²) in [6.07, 6.45) is 0.256. The summed E-state index contributed by atoms with van der Waals surface area (Å²) < 4.78 is 6.21. The minimum absolute atomic E-state index is 0.0684. The van der Waals surface area contributed by atoms with E-state index in [1.807, 2.05) is 44.4 Å². The molecule has 3 N–H and O–H groups in total. The fraction of sp³-hybridized carbons (Fsp3) is 0.300. The van der Waals surface area contributed by atoms with Crippen LogP contribution in [0.2, 0.25) is 0 Å². The molecule has 0 aliphatic carbocycles. The predicted octanol–water partition coefficient (Wildman–Crippen LogP) is 2.29. The molecule has 1 aliphatic heterocycles. The number of hydrogen-bond acceptors (Lipinski definition) is 5. The van der Waals surface area contributed by atoms with Crippen LogP contribution in [-0.4, -0.2) is 47.7 Å². The number of benzene rings is 2. The Labute approximate surface area is 163 Å². The lowest BCUT2D eigenvalue weighted by molar-refractivity contribution is -0.697. The van der Waals surface area contributed by atoms with Gasteiger partial charge < -0.3 is 15.0 Å². The molecular weight excluding hydrogens is 358 g/mol. The van der Waals surface area contributed by atoms with E-state index in [1.54, 1.807) is 11.8 Å². The Morgan fingerprint density at radius 3 is 2.67 bits per heavy atom. The second kappa shape index (κ2) is 8.12. The standard InChI is InChI=1S/C20H23N5OS/c1-25(2)16-10-8-15(9-11-16)19-21-12-17(26-19)13-27-20-22-18(23-24-20)14-6-4-3-5-7-14/h3-11,17,19,21H,12-13H2,1-2H3,(H,22,23,24)/p+1/t17-,19+/m0/s1. The first-order valence-corrected chi connectivity index (χ1v) is 10.0. The van der Waals surface area contributed by atoms with E-state index in [4.69, 9.17) is 4.74 Å². The number of thioether (sulfide) groups is 1. The summed E-state index contributed by atoms with van der Waals surface area (Å²) in [6.45, 7) is 0.947. The van der Waals surface area contributed by atoms with Gasteiger partial charge in [0.2, 0.25) is 11.4 Å². The minimum atomic E-state index is 0.0684. The molecule has 27 heavy (non-hydrogen) atoms. The highest BCUT2D eigenvalue weighted by Crippen LogP contribution is 2.24. The lowest BCUT2D eigenvalue weighted by Gasteiger charge is -2.14. The first-order valence-electron chi connectivity index (χ1n) is 9.06. The SMILES string of the molecule is CN(C)c1ccc([C@@H]2[NH2+]C[C@@H](CSc3n[nH]c(-c4ccccc4)n3)O2)cc1. The maximum Gasteiger partial charge on any atom is 0.217 e. The summed E-state index contributed by atoms with van der Waals surface area (Å²) in [5.41, 5.74) is 3.45. The van der Waals surface area contributed by atoms with Crippen LogP contribution in [0.1, 0.15) is 11.8 Å². The third kappa shape index (κ3) is 4.32. The number of aromatic nitrogens is 3. The van der Waals surface area contributed by atoms with E-state index in [2.05, 4.69) is 49.7 Å². The maximum atomic E-state index is 6.21. The van der Waals surface area contributed by atoms with Crippen molar-refractivity contribution in [1.29, 1.82) is 0 Å². The zero-order valence-electron chi connectivity index (χ0n) is 15.5. The second-order valence-electron chi connectivity index (χ2n) is 6.78. The molecule has 1 aromatic heterocycles. The van der Waals surface area contributed by atoms with Crippen molar-refractivity contribution in [2.75, 3.05) is 31.3 Å². The van der Waals surface area contributed by atoms with Gasteiger partial charge in [-0.2, -0.15) is 0 Å². The third-order valence-corrected chi connectivity index (χ3v) is 5.58. The molecule has 0 amide bonds. The molecule has 2 heterocycles. The first kappa shape index (κ1) is 18.0. The summed E-state index contributed by atoms with van der Waals surface area (Å²) in [6, 6.07) is 18.6. The van der Waals surface area contributed by atoms with Gasteiger partial charge in [-0.1, -0.05) is 42.1 Å². The molecule has 1 saturated heterocycles. The zero-order valence-corrected chi connectivity index (χ0v) is 16.3. The van der Waals surface area contributed by atoms with Crippen LogP contribution in [0.25, 0.3) is 11.4 Å². The topological polar surface area (TPSA) is 70.7 Å². The van der Waals surface area contributed by atoms with Crippen LogP contribution in [-0.2, 0) is 4.74 Å². The molecule has 140 valence electrons. The number of aromatic amines is 1. The predicted molar refractivity (Wildman–Crippen MR) is 108 cm³/mol. The molecule has 4 rings (SSSR count). The van der Waals surface area contributed by atoms with E-state index in [0.29, 0.717) is 0 Å². The van der Waals surface area contributed by atoms with Crippen LogP contribution in [0.15, 0.2) is 59.8 Å². The fourth-order valence-corrected chi connectivity index (χ4v) is 3.90. The quantitative estimate of drug-likeness (QED) is 0.640. The van der Waals surface area contributed by atoms with Crippen molar-refractivity contribution >= 4 is 17.4 Å². The van der Waals surface area contributed by atoms with Crippen LogP contribution < -0.4 is 10.2 Å². The molecule has 6 nitrogen and oxygen atoms in total. The van der Waals surface area contributed by atoms with Gasteiger partial charge in [0.05, 0.1) is 0 Å². The van der Waals surface area contributed by atoms with E-state index in [1.165, 1.54) is 11.3 Å². The highest BCUT2D eigenvalue weighted by molar-refractivity contribution is 7.99. The summed E-state index contributed by atoms with van der Waals surface area (Å²) >= 11 is 1.63. The van der Waals surface area contributed by atoms with E-state index < -0.39 is 0 Å². The fourth-order valence-electron chi connectivity index (χ4n) is 3.08. The number of nitrogens with one attached hydrogen (secondary N) is 1. The Hall–Kier alpha value is -2.35. The van der Waals surface area contributed by atoms with Crippen molar-refractivity contribution in [3.8, 4) is 11.4 Å². The van der Waals surface area contributed by atoms with Crippen LogP contribution in [0.4, 0.5) is 5.69 Å². The van der Waals surface area contributed by atoms with Crippen molar-refractivity contribution < 1.29 is 10.1 Å². The Morgan fingerprint density at radius 1 is 1.15 bits per heavy atom. The number of anilines is 1. The van der Waals surface area contributed by atoms with Crippen LogP contribution in [0.5, 0.6) is 0 Å². The number of ether oxygens (including phenoxy) is 1. The van der Waals surface area contributed by atoms with E-state index >= 15 is 0 Å². The highest BCUT2D eigenvalue weighted by Gasteiger charge is 2.30. The molecule has 2 aromatic carbocycles. The molecular formula is C20H24N5OS+.